The Kier molecular flexibility index (Phi) is 3.73. The Labute approximate surface area is 108 Å². The second kappa shape index (κ2) is 5.46. The molecule has 0 aliphatic rings. The third-order valence-corrected chi connectivity index (χ3v) is 2.81. The van der Waals surface area contributed by atoms with E-state index in [4.69, 9.17) is 10.00 Å². The first-order chi connectivity index (χ1) is 8.31. The molecule has 0 spiro atoms. The van der Waals surface area contributed by atoms with Crippen LogP contribution in [0, 0.1) is 11.3 Å². The van der Waals surface area contributed by atoms with Crippen molar-refractivity contribution in [3.63, 3.8) is 0 Å². The summed E-state index contributed by atoms with van der Waals surface area (Å²) in [6.07, 6.45) is 1.76. The lowest BCUT2D eigenvalue weighted by Gasteiger charge is -2.04. The number of alkyl halides is 1. The molecule has 4 heteroatoms. The minimum Gasteiger partial charge on any atom is -0.439 e. The van der Waals surface area contributed by atoms with Crippen LogP contribution in [0.25, 0.3) is 0 Å². The third-order valence-electron chi connectivity index (χ3n) is 2.16. The molecular weight excluding hydrogens is 280 g/mol. The molecule has 0 radical (unpaired) electrons. The Hall–Kier alpha value is -1.86. The van der Waals surface area contributed by atoms with Gasteiger partial charge in [0.1, 0.15) is 5.75 Å². The highest BCUT2D eigenvalue weighted by molar-refractivity contribution is 9.08. The van der Waals surface area contributed by atoms with Crippen LogP contribution in [-0.4, -0.2) is 4.98 Å². The van der Waals surface area contributed by atoms with Crippen molar-refractivity contribution in [2.75, 3.05) is 0 Å². The lowest BCUT2D eigenvalue weighted by atomic mass is 10.2. The summed E-state index contributed by atoms with van der Waals surface area (Å²) in [5.41, 5.74) is 1.71. The molecule has 0 saturated carbocycles. The van der Waals surface area contributed by atoms with Gasteiger partial charge in [0.25, 0.3) is 0 Å². The molecule has 2 aromatic rings. The van der Waals surface area contributed by atoms with E-state index in [2.05, 4.69) is 27.0 Å². The van der Waals surface area contributed by atoms with Gasteiger partial charge in [-0.15, -0.1) is 0 Å². The molecule has 1 aromatic heterocycles. The van der Waals surface area contributed by atoms with Crippen LogP contribution < -0.4 is 4.74 Å². The lowest BCUT2D eigenvalue weighted by molar-refractivity contribution is 0.462. The maximum atomic E-state index is 8.67. The standard InChI is InChI=1S/C13H9BrN2O/c14-7-11-3-6-13(16-9-11)17-12-4-1-10(8-15)2-5-12/h1-6,9H,7H2. The Balaban J connectivity index is 2.11. The van der Waals surface area contributed by atoms with E-state index >= 15 is 0 Å². The molecule has 84 valence electrons. The fourth-order valence-electron chi connectivity index (χ4n) is 1.27. The van der Waals surface area contributed by atoms with Crippen LogP contribution in [0.4, 0.5) is 0 Å². The van der Waals surface area contributed by atoms with Gasteiger partial charge in [-0.3, -0.25) is 0 Å². The lowest BCUT2D eigenvalue weighted by Crippen LogP contribution is -1.88. The van der Waals surface area contributed by atoms with Gasteiger partial charge in [0.15, 0.2) is 0 Å². The number of pyridine rings is 1. The SMILES string of the molecule is N#Cc1ccc(Oc2ccc(CBr)cn2)cc1. The second-order valence-electron chi connectivity index (χ2n) is 3.38. The number of halogens is 1. The first kappa shape index (κ1) is 11.6. The molecule has 2 rings (SSSR count). The molecule has 0 aliphatic heterocycles. The van der Waals surface area contributed by atoms with Gasteiger partial charge in [-0.05, 0) is 29.8 Å². The molecule has 3 nitrogen and oxygen atoms in total. The molecule has 0 unspecified atom stereocenters. The molecule has 1 aromatic carbocycles. The predicted molar refractivity (Wildman–Crippen MR) is 68.1 cm³/mol. The quantitative estimate of drug-likeness (QED) is 0.810. The van der Waals surface area contributed by atoms with Crippen LogP contribution in [0.2, 0.25) is 0 Å². The van der Waals surface area contributed by atoms with E-state index in [1.54, 1.807) is 30.5 Å². The molecule has 0 saturated heterocycles. The number of aromatic nitrogens is 1. The van der Waals surface area contributed by atoms with E-state index < -0.39 is 0 Å². The number of hydrogen-bond acceptors (Lipinski definition) is 3. The summed E-state index contributed by atoms with van der Waals surface area (Å²) in [5.74, 6) is 1.21. The van der Waals surface area contributed by atoms with E-state index in [9.17, 15) is 0 Å². The van der Waals surface area contributed by atoms with Gasteiger partial charge in [-0.1, -0.05) is 22.0 Å². The van der Waals surface area contributed by atoms with Gasteiger partial charge in [0.05, 0.1) is 11.6 Å². The maximum absolute atomic E-state index is 8.67. The van der Waals surface area contributed by atoms with Crippen molar-refractivity contribution in [3.8, 4) is 17.7 Å². The van der Waals surface area contributed by atoms with Crippen LogP contribution in [-0.2, 0) is 5.33 Å². The number of rotatable bonds is 3. The van der Waals surface area contributed by atoms with Crippen molar-refractivity contribution in [2.45, 2.75) is 5.33 Å². The maximum Gasteiger partial charge on any atom is 0.219 e. The average molecular weight is 289 g/mol. The molecule has 0 fully saturated rings. The Morgan fingerprint density at radius 2 is 1.94 bits per heavy atom. The topological polar surface area (TPSA) is 45.9 Å². The number of benzene rings is 1. The fraction of sp³-hybridized carbons (Fsp3) is 0.0769. The smallest absolute Gasteiger partial charge is 0.219 e. The summed E-state index contributed by atoms with van der Waals surface area (Å²) < 4.78 is 5.54. The molecule has 0 N–H and O–H groups in total. The van der Waals surface area contributed by atoms with Crippen LogP contribution >= 0.6 is 15.9 Å². The minimum atomic E-state index is 0.541. The molecule has 0 atom stereocenters. The zero-order chi connectivity index (χ0) is 12.1. The number of nitrogens with zero attached hydrogens (tertiary/aromatic N) is 2. The normalized spacial score (nSPS) is 9.65. The van der Waals surface area contributed by atoms with Crippen LogP contribution in [0.3, 0.4) is 0 Å². The van der Waals surface area contributed by atoms with Gasteiger partial charge in [-0.2, -0.15) is 5.26 Å². The van der Waals surface area contributed by atoms with E-state index in [0.29, 0.717) is 17.2 Å². The highest BCUT2D eigenvalue weighted by Gasteiger charge is 1.99. The fourth-order valence-corrected chi connectivity index (χ4v) is 1.60. The molecule has 0 aliphatic carbocycles. The van der Waals surface area contributed by atoms with Gasteiger partial charge >= 0.3 is 0 Å². The molecule has 1 heterocycles. The van der Waals surface area contributed by atoms with Crippen molar-refractivity contribution < 1.29 is 4.74 Å². The molecular formula is C13H9BrN2O. The van der Waals surface area contributed by atoms with Crippen LogP contribution in [0.5, 0.6) is 11.6 Å². The minimum absolute atomic E-state index is 0.541. The van der Waals surface area contributed by atoms with Crippen molar-refractivity contribution in [1.29, 1.82) is 5.26 Å². The molecule has 17 heavy (non-hydrogen) atoms. The number of nitriles is 1. The van der Waals surface area contributed by atoms with Crippen molar-refractivity contribution in [3.05, 3.63) is 53.7 Å². The van der Waals surface area contributed by atoms with E-state index in [1.165, 1.54) is 0 Å². The molecule has 0 bridgehead atoms. The monoisotopic (exact) mass is 288 g/mol. The zero-order valence-corrected chi connectivity index (χ0v) is 10.5. The first-order valence-corrected chi connectivity index (χ1v) is 6.13. The van der Waals surface area contributed by atoms with Gasteiger partial charge in [-0.25, -0.2) is 4.98 Å². The predicted octanol–water partition coefficient (Wildman–Crippen LogP) is 3.64. The number of hydrogen-bond donors (Lipinski definition) is 0. The Morgan fingerprint density at radius 3 is 2.47 bits per heavy atom. The summed E-state index contributed by atoms with van der Waals surface area (Å²) in [4.78, 5) is 4.17. The van der Waals surface area contributed by atoms with E-state index in [-0.39, 0.29) is 0 Å². The zero-order valence-electron chi connectivity index (χ0n) is 8.93. The summed E-state index contributed by atoms with van der Waals surface area (Å²) in [6, 6.07) is 12.7. The molecule has 0 amide bonds. The Morgan fingerprint density at radius 1 is 1.18 bits per heavy atom. The summed E-state index contributed by atoms with van der Waals surface area (Å²) in [6.45, 7) is 0. The second-order valence-corrected chi connectivity index (χ2v) is 3.94. The van der Waals surface area contributed by atoms with E-state index in [0.717, 1.165) is 10.9 Å². The van der Waals surface area contributed by atoms with Crippen molar-refractivity contribution in [1.82, 2.24) is 4.98 Å². The average Bonchev–Trinajstić information content (AvgIpc) is 2.40. The van der Waals surface area contributed by atoms with Crippen LogP contribution in [0.1, 0.15) is 11.1 Å². The van der Waals surface area contributed by atoms with E-state index in [1.807, 2.05) is 12.1 Å². The highest BCUT2D eigenvalue weighted by atomic mass is 79.9. The third kappa shape index (κ3) is 3.05. The van der Waals surface area contributed by atoms with Gasteiger partial charge in [0.2, 0.25) is 5.88 Å². The largest absolute Gasteiger partial charge is 0.439 e. The Bertz CT molecular complexity index is 529. The van der Waals surface area contributed by atoms with Crippen molar-refractivity contribution in [2.24, 2.45) is 0 Å². The summed E-state index contributed by atoms with van der Waals surface area (Å²) >= 11 is 3.35. The van der Waals surface area contributed by atoms with Gasteiger partial charge < -0.3 is 4.74 Å². The highest BCUT2D eigenvalue weighted by Crippen LogP contribution is 2.20. The van der Waals surface area contributed by atoms with Crippen molar-refractivity contribution >= 4 is 15.9 Å². The first-order valence-electron chi connectivity index (χ1n) is 5.01. The van der Waals surface area contributed by atoms with Gasteiger partial charge in [0, 0.05) is 17.6 Å². The summed E-state index contributed by atoms with van der Waals surface area (Å²) in [7, 11) is 0. The van der Waals surface area contributed by atoms with Crippen LogP contribution in [0.15, 0.2) is 42.6 Å². The number of ether oxygens (including phenoxy) is 1. The summed E-state index contributed by atoms with van der Waals surface area (Å²) in [5, 5.41) is 9.44.